The van der Waals surface area contributed by atoms with Crippen molar-refractivity contribution in [2.45, 2.75) is 57.2 Å². The van der Waals surface area contributed by atoms with Crippen molar-refractivity contribution in [1.29, 1.82) is 0 Å². The second-order valence-electron chi connectivity index (χ2n) is 6.68. The molecule has 3 rings (SSSR count). The van der Waals surface area contributed by atoms with Crippen molar-refractivity contribution in [2.24, 2.45) is 5.92 Å². The molecule has 0 aromatic carbocycles. The fourth-order valence-corrected chi connectivity index (χ4v) is 3.62. The fourth-order valence-electron chi connectivity index (χ4n) is 3.62. The molecule has 1 saturated heterocycles. The summed E-state index contributed by atoms with van der Waals surface area (Å²) >= 11 is 0. The SMILES string of the molecule is O=C(CCC1NC(=O)C2CCCCC2N1)NCCc1ccccn1. The Morgan fingerprint density at radius 2 is 2.17 bits per heavy atom. The van der Waals surface area contributed by atoms with Crippen LogP contribution in [-0.4, -0.2) is 35.6 Å². The summed E-state index contributed by atoms with van der Waals surface area (Å²) in [6, 6.07) is 6.06. The predicted octanol–water partition coefficient (Wildman–Crippen LogP) is 1.12. The Bertz CT molecular complexity index is 563. The van der Waals surface area contributed by atoms with Gasteiger partial charge in [0.15, 0.2) is 0 Å². The van der Waals surface area contributed by atoms with E-state index in [2.05, 4.69) is 20.9 Å². The highest BCUT2D eigenvalue weighted by Gasteiger charge is 2.37. The van der Waals surface area contributed by atoms with Crippen LogP contribution < -0.4 is 16.0 Å². The maximum atomic E-state index is 12.2. The van der Waals surface area contributed by atoms with Gasteiger partial charge in [0.05, 0.1) is 12.1 Å². The average Bonchev–Trinajstić information content (AvgIpc) is 2.61. The minimum Gasteiger partial charge on any atom is -0.356 e. The first-order chi connectivity index (χ1) is 11.7. The van der Waals surface area contributed by atoms with Crippen molar-refractivity contribution in [3.05, 3.63) is 30.1 Å². The van der Waals surface area contributed by atoms with E-state index in [1.165, 1.54) is 6.42 Å². The van der Waals surface area contributed by atoms with Gasteiger partial charge in [-0.05, 0) is 31.4 Å². The maximum absolute atomic E-state index is 12.2. The highest BCUT2D eigenvalue weighted by atomic mass is 16.2. The second-order valence-corrected chi connectivity index (χ2v) is 6.68. The van der Waals surface area contributed by atoms with E-state index in [9.17, 15) is 9.59 Å². The summed E-state index contributed by atoms with van der Waals surface area (Å²) in [5, 5.41) is 9.43. The lowest BCUT2D eigenvalue weighted by molar-refractivity contribution is -0.131. The first kappa shape index (κ1) is 16.9. The lowest BCUT2D eigenvalue weighted by Crippen LogP contribution is -2.62. The van der Waals surface area contributed by atoms with E-state index < -0.39 is 0 Å². The van der Waals surface area contributed by atoms with Gasteiger partial charge in [0.25, 0.3) is 0 Å². The van der Waals surface area contributed by atoms with E-state index in [0.29, 0.717) is 19.4 Å². The third kappa shape index (κ3) is 4.54. The third-order valence-corrected chi connectivity index (χ3v) is 4.92. The molecule has 130 valence electrons. The number of nitrogens with one attached hydrogen (secondary N) is 3. The molecule has 24 heavy (non-hydrogen) atoms. The van der Waals surface area contributed by atoms with Crippen molar-refractivity contribution in [3.63, 3.8) is 0 Å². The molecule has 1 aromatic rings. The summed E-state index contributed by atoms with van der Waals surface area (Å²) in [4.78, 5) is 28.4. The standard InChI is InChI=1S/C18H26N4O2/c23-17(20-12-10-13-5-3-4-11-19-13)9-8-16-21-15-7-2-1-6-14(15)18(24)22-16/h3-5,11,14-16,21H,1-2,6-10,12H2,(H,20,23)(H,22,24). The Morgan fingerprint density at radius 1 is 1.29 bits per heavy atom. The van der Waals surface area contributed by atoms with Gasteiger partial charge in [0, 0.05) is 37.3 Å². The van der Waals surface area contributed by atoms with Gasteiger partial charge in [0.2, 0.25) is 11.8 Å². The van der Waals surface area contributed by atoms with Crippen LogP contribution in [-0.2, 0) is 16.0 Å². The van der Waals surface area contributed by atoms with Gasteiger partial charge in [-0.2, -0.15) is 0 Å². The molecule has 2 heterocycles. The van der Waals surface area contributed by atoms with Crippen LogP contribution in [0.15, 0.2) is 24.4 Å². The van der Waals surface area contributed by atoms with E-state index in [0.717, 1.165) is 31.4 Å². The summed E-state index contributed by atoms with van der Waals surface area (Å²) in [7, 11) is 0. The molecule has 1 aliphatic carbocycles. The Morgan fingerprint density at radius 3 is 3.00 bits per heavy atom. The Hall–Kier alpha value is -1.95. The molecule has 6 heteroatoms. The normalized spacial score (nSPS) is 26.3. The van der Waals surface area contributed by atoms with Crippen LogP contribution >= 0.6 is 0 Å². The van der Waals surface area contributed by atoms with Crippen LogP contribution in [0, 0.1) is 5.92 Å². The molecule has 3 N–H and O–H groups in total. The number of carbonyl (C=O) groups is 2. The molecule has 2 amide bonds. The third-order valence-electron chi connectivity index (χ3n) is 4.92. The molecule has 0 radical (unpaired) electrons. The number of hydrogen-bond acceptors (Lipinski definition) is 4. The van der Waals surface area contributed by atoms with Crippen molar-refractivity contribution in [1.82, 2.24) is 20.9 Å². The van der Waals surface area contributed by atoms with Gasteiger partial charge in [-0.1, -0.05) is 18.9 Å². The van der Waals surface area contributed by atoms with E-state index in [4.69, 9.17) is 0 Å². The summed E-state index contributed by atoms with van der Waals surface area (Å²) in [6.45, 7) is 0.588. The number of pyridine rings is 1. The quantitative estimate of drug-likeness (QED) is 0.730. The minimum absolute atomic E-state index is 0.0211. The Balaban J connectivity index is 1.36. The van der Waals surface area contributed by atoms with E-state index in [-0.39, 0.29) is 29.9 Å². The summed E-state index contributed by atoms with van der Waals surface area (Å²) < 4.78 is 0. The first-order valence-electron chi connectivity index (χ1n) is 8.95. The van der Waals surface area contributed by atoms with Crippen LogP contribution in [0.3, 0.4) is 0 Å². The molecule has 1 aromatic heterocycles. The molecule has 0 bridgehead atoms. The van der Waals surface area contributed by atoms with Crippen LogP contribution in [0.1, 0.15) is 44.2 Å². The lowest BCUT2D eigenvalue weighted by Gasteiger charge is -2.40. The van der Waals surface area contributed by atoms with Gasteiger partial charge >= 0.3 is 0 Å². The number of aromatic nitrogens is 1. The van der Waals surface area contributed by atoms with Crippen LogP contribution in [0.25, 0.3) is 0 Å². The van der Waals surface area contributed by atoms with Crippen molar-refractivity contribution < 1.29 is 9.59 Å². The summed E-state index contributed by atoms with van der Waals surface area (Å²) in [5.41, 5.74) is 0.974. The highest BCUT2D eigenvalue weighted by Crippen LogP contribution is 2.27. The monoisotopic (exact) mass is 330 g/mol. The molecule has 6 nitrogen and oxygen atoms in total. The molecule has 2 fully saturated rings. The van der Waals surface area contributed by atoms with Crippen LogP contribution in [0.4, 0.5) is 0 Å². The summed E-state index contributed by atoms with van der Waals surface area (Å²) in [6.07, 6.45) is 7.80. The van der Waals surface area contributed by atoms with Gasteiger partial charge < -0.3 is 10.6 Å². The predicted molar refractivity (Wildman–Crippen MR) is 91.0 cm³/mol. The molecular weight excluding hydrogens is 304 g/mol. The molecule has 3 atom stereocenters. The molecule has 1 aliphatic heterocycles. The zero-order chi connectivity index (χ0) is 16.8. The molecule has 3 unspecified atom stereocenters. The summed E-state index contributed by atoms with van der Waals surface area (Å²) in [5.74, 6) is 0.286. The zero-order valence-electron chi connectivity index (χ0n) is 14.0. The van der Waals surface area contributed by atoms with Crippen LogP contribution in [0.2, 0.25) is 0 Å². The lowest BCUT2D eigenvalue weighted by atomic mass is 9.82. The fraction of sp³-hybridized carbons (Fsp3) is 0.611. The van der Waals surface area contributed by atoms with Crippen molar-refractivity contribution in [2.75, 3.05) is 6.54 Å². The average molecular weight is 330 g/mol. The van der Waals surface area contributed by atoms with Crippen molar-refractivity contribution >= 4 is 11.8 Å². The highest BCUT2D eigenvalue weighted by molar-refractivity contribution is 5.81. The Kier molecular flexibility index (Phi) is 5.80. The Labute approximate surface area is 142 Å². The number of fused-ring (bicyclic) bond motifs is 1. The topological polar surface area (TPSA) is 83.1 Å². The van der Waals surface area contributed by atoms with E-state index in [1.54, 1.807) is 6.20 Å². The molecule has 2 aliphatic rings. The smallest absolute Gasteiger partial charge is 0.225 e. The van der Waals surface area contributed by atoms with E-state index in [1.807, 2.05) is 18.2 Å². The number of rotatable bonds is 6. The molecule has 0 spiro atoms. The van der Waals surface area contributed by atoms with Crippen molar-refractivity contribution in [3.8, 4) is 0 Å². The number of amides is 2. The maximum Gasteiger partial charge on any atom is 0.225 e. The first-order valence-corrected chi connectivity index (χ1v) is 8.95. The van der Waals surface area contributed by atoms with Gasteiger partial charge in [-0.3, -0.25) is 19.9 Å². The number of nitrogens with zero attached hydrogens (tertiary/aromatic N) is 1. The molecular formula is C18H26N4O2. The zero-order valence-corrected chi connectivity index (χ0v) is 14.0. The largest absolute Gasteiger partial charge is 0.356 e. The molecule has 1 saturated carbocycles. The van der Waals surface area contributed by atoms with Crippen LogP contribution in [0.5, 0.6) is 0 Å². The number of hydrogen-bond donors (Lipinski definition) is 3. The number of carbonyl (C=O) groups excluding carboxylic acids is 2. The van der Waals surface area contributed by atoms with E-state index >= 15 is 0 Å². The van der Waals surface area contributed by atoms with Gasteiger partial charge in [-0.25, -0.2) is 0 Å². The second kappa shape index (κ2) is 8.24. The van der Waals surface area contributed by atoms with Gasteiger partial charge in [0.1, 0.15) is 0 Å². The van der Waals surface area contributed by atoms with Gasteiger partial charge in [-0.15, -0.1) is 0 Å². The minimum atomic E-state index is -0.0848.